The van der Waals surface area contributed by atoms with E-state index in [0.717, 1.165) is 24.9 Å². The van der Waals surface area contributed by atoms with Crippen molar-refractivity contribution < 1.29 is 9.59 Å². The molecule has 2 heterocycles. The molecule has 1 aromatic rings. The molecule has 19 heavy (non-hydrogen) atoms. The number of carbonyl (C=O) groups excluding carboxylic acids is 2. The van der Waals surface area contributed by atoms with Gasteiger partial charge in [0.25, 0.3) is 0 Å². The largest absolute Gasteiger partial charge is 0.330 e. The Balaban J connectivity index is 1.97. The van der Waals surface area contributed by atoms with Crippen molar-refractivity contribution in [3.8, 4) is 0 Å². The average molecular weight is 257 g/mol. The van der Waals surface area contributed by atoms with Crippen molar-refractivity contribution in [3.05, 3.63) is 35.9 Å². The number of amides is 1. The van der Waals surface area contributed by atoms with E-state index in [1.807, 2.05) is 35.2 Å². The molecule has 0 radical (unpaired) electrons. The number of rotatable bonds is 2. The summed E-state index contributed by atoms with van der Waals surface area (Å²) in [6.07, 6.45) is 4.25. The van der Waals surface area contributed by atoms with Crippen molar-refractivity contribution in [2.45, 2.75) is 44.1 Å². The third-order valence-electron chi connectivity index (χ3n) is 4.44. The fourth-order valence-corrected chi connectivity index (χ4v) is 3.52. The highest BCUT2D eigenvalue weighted by molar-refractivity contribution is 5.95. The molecule has 3 heteroatoms. The molecule has 1 aromatic carbocycles. The van der Waals surface area contributed by atoms with Crippen LogP contribution in [0.15, 0.2) is 30.3 Å². The summed E-state index contributed by atoms with van der Waals surface area (Å²) in [6, 6.07) is 10.1. The van der Waals surface area contributed by atoms with Gasteiger partial charge >= 0.3 is 0 Å². The molecule has 0 aliphatic carbocycles. The standard InChI is InChI=1S/C16H19NO2/c18-14-8-4-9-15(19)17-11-5-10-16(14,17)12-13-6-2-1-3-7-13/h1-3,6-7H,4-5,8-12H2/t16-/m0/s1. The van der Waals surface area contributed by atoms with Crippen molar-refractivity contribution >= 4 is 11.7 Å². The second kappa shape index (κ2) is 4.80. The first kappa shape index (κ1) is 12.4. The minimum Gasteiger partial charge on any atom is -0.330 e. The van der Waals surface area contributed by atoms with Crippen LogP contribution in [0.2, 0.25) is 0 Å². The summed E-state index contributed by atoms with van der Waals surface area (Å²) in [6.45, 7) is 0.747. The van der Waals surface area contributed by atoms with Gasteiger partial charge in [-0.1, -0.05) is 30.3 Å². The SMILES string of the molecule is O=C1CCCC(=O)[C@@]2(Cc3ccccc3)CCCN12. The number of benzene rings is 1. The quantitative estimate of drug-likeness (QED) is 0.815. The second-order valence-electron chi connectivity index (χ2n) is 5.62. The van der Waals surface area contributed by atoms with Crippen molar-refractivity contribution in [1.82, 2.24) is 4.90 Å². The molecule has 100 valence electrons. The van der Waals surface area contributed by atoms with Crippen molar-refractivity contribution in [2.24, 2.45) is 0 Å². The first-order chi connectivity index (χ1) is 9.22. The highest BCUT2D eigenvalue weighted by atomic mass is 16.2. The second-order valence-corrected chi connectivity index (χ2v) is 5.62. The summed E-state index contributed by atoms with van der Waals surface area (Å²) in [7, 11) is 0. The molecule has 2 aliphatic rings. The molecule has 2 saturated heterocycles. The summed E-state index contributed by atoms with van der Waals surface area (Å²) in [5, 5.41) is 0. The topological polar surface area (TPSA) is 37.4 Å². The molecule has 3 nitrogen and oxygen atoms in total. The van der Waals surface area contributed by atoms with Crippen LogP contribution in [-0.4, -0.2) is 28.7 Å². The predicted molar refractivity (Wildman–Crippen MR) is 72.7 cm³/mol. The third kappa shape index (κ3) is 2.07. The van der Waals surface area contributed by atoms with E-state index in [1.54, 1.807) is 0 Å². The Kier molecular flexibility index (Phi) is 3.13. The van der Waals surface area contributed by atoms with Crippen LogP contribution in [0, 0.1) is 0 Å². The molecule has 2 fully saturated rings. The minimum atomic E-state index is -0.547. The van der Waals surface area contributed by atoms with Gasteiger partial charge in [0.2, 0.25) is 5.91 Å². The molecule has 1 amide bonds. The van der Waals surface area contributed by atoms with Crippen LogP contribution in [0.3, 0.4) is 0 Å². The number of ketones is 1. The molecule has 2 aliphatic heterocycles. The predicted octanol–water partition coefficient (Wildman–Crippen LogP) is 2.34. The van der Waals surface area contributed by atoms with Crippen LogP contribution < -0.4 is 0 Å². The van der Waals surface area contributed by atoms with Crippen molar-refractivity contribution in [2.75, 3.05) is 6.54 Å². The van der Waals surface area contributed by atoms with E-state index in [-0.39, 0.29) is 11.7 Å². The Bertz CT molecular complexity index is 497. The minimum absolute atomic E-state index is 0.166. The van der Waals surface area contributed by atoms with E-state index >= 15 is 0 Å². The Morgan fingerprint density at radius 1 is 1.05 bits per heavy atom. The fourth-order valence-electron chi connectivity index (χ4n) is 3.52. The molecule has 0 unspecified atom stereocenters. The molecule has 1 atom stereocenters. The number of hydrogen-bond acceptors (Lipinski definition) is 2. The molecular weight excluding hydrogens is 238 g/mol. The molecule has 0 spiro atoms. The van der Waals surface area contributed by atoms with E-state index < -0.39 is 5.54 Å². The zero-order valence-corrected chi connectivity index (χ0v) is 11.1. The molecule has 0 aromatic heterocycles. The molecule has 3 rings (SSSR count). The smallest absolute Gasteiger partial charge is 0.223 e. The zero-order chi connectivity index (χ0) is 13.3. The van der Waals surface area contributed by atoms with E-state index in [9.17, 15) is 9.59 Å². The van der Waals surface area contributed by atoms with Crippen LogP contribution >= 0.6 is 0 Å². The molecule has 0 saturated carbocycles. The van der Waals surface area contributed by atoms with Crippen LogP contribution in [-0.2, 0) is 16.0 Å². The van der Waals surface area contributed by atoms with Crippen LogP contribution in [0.4, 0.5) is 0 Å². The van der Waals surface area contributed by atoms with Gasteiger partial charge in [-0.2, -0.15) is 0 Å². The number of hydrogen-bond donors (Lipinski definition) is 0. The van der Waals surface area contributed by atoms with Gasteiger partial charge in [0.1, 0.15) is 5.54 Å². The van der Waals surface area contributed by atoms with Gasteiger partial charge in [-0.05, 0) is 24.8 Å². The van der Waals surface area contributed by atoms with Crippen LogP contribution in [0.25, 0.3) is 0 Å². The maximum absolute atomic E-state index is 12.6. The Labute approximate surface area is 113 Å². The van der Waals surface area contributed by atoms with Gasteiger partial charge in [-0.15, -0.1) is 0 Å². The molecule has 0 N–H and O–H groups in total. The van der Waals surface area contributed by atoms with E-state index in [2.05, 4.69) is 0 Å². The first-order valence-electron chi connectivity index (χ1n) is 7.10. The van der Waals surface area contributed by atoms with E-state index in [1.165, 1.54) is 0 Å². The maximum Gasteiger partial charge on any atom is 0.223 e. The first-order valence-corrected chi connectivity index (χ1v) is 7.10. The van der Waals surface area contributed by atoms with Gasteiger partial charge in [0.05, 0.1) is 0 Å². The van der Waals surface area contributed by atoms with Crippen LogP contribution in [0.1, 0.15) is 37.7 Å². The van der Waals surface area contributed by atoms with Gasteiger partial charge < -0.3 is 4.90 Å². The van der Waals surface area contributed by atoms with Gasteiger partial charge in [-0.3, -0.25) is 9.59 Å². The maximum atomic E-state index is 12.6. The Morgan fingerprint density at radius 3 is 2.63 bits per heavy atom. The van der Waals surface area contributed by atoms with E-state index in [4.69, 9.17) is 0 Å². The summed E-state index contributed by atoms with van der Waals surface area (Å²) in [5.74, 6) is 0.430. The monoisotopic (exact) mass is 257 g/mol. The number of fused-ring (bicyclic) bond motifs is 1. The molecular formula is C16H19NO2. The fraction of sp³-hybridized carbons (Fsp3) is 0.500. The Hall–Kier alpha value is -1.64. The lowest BCUT2D eigenvalue weighted by molar-refractivity contribution is -0.141. The third-order valence-corrected chi connectivity index (χ3v) is 4.44. The number of carbonyl (C=O) groups is 2. The highest BCUT2D eigenvalue weighted by Crippen LogP contribution is 2.37. The summed E-state index contributed by atoms with van der Waals surface area (Å²) < 4.78 is 0. The van der Waals surface area contributed by atoms with Gasteiger partial charge in [0, 0.05) is 25.8 Å². The average Bonchev–Trinajstić information content (AvgIpc) is 2.80. The highest BCUT2D eigenvalue weighted by Gasteiger charge is 2.49. The zero-order valence-electron chi connectivity index (χ0n) is 11.1. The molecule has 0 bridgehead atoms. The lowest BCUT2D eigenvalue weighted by Crippen LogP contribution is -2.53. The van der Waals surface area contributed by atoms with E-state index in [0.29, 0.717) is 25.7 Å². The van der Waals surface area contributed by atoms with Crippen molar-refractivity contribution in [1.29, 1.82) is 0 Å². The Morgan fingerprint density at radius 2 is 1.84 bits per heavy atom. The number of Topliss-reactive ketones (excluding diaryl/α,β-unsaturated/α-hetero) is 1. The van der Waals surface area contributed by atoms with Crippen LogP contribution in [0.5, 0.6) is 0 Å². The van der Waals surface area contributed by atoms with Gasteiger partial charge in [0.15, 0.2) is 5.78 Å². The number of nitrogens with zero attached hydrogens (tertiary/aromatic N) is 1. The summed E-state index contributed by atoms with van der Waals surface area (Å²) in [4.78, 5) is 26.7. The lowest BCUT2D eigenvalue weighted by atomic mass is 9.83. The summed E-state index contributed by atoms with van der Waals surface area (Å²) in [5.41, 5.74) is 0.604. The summed E-state index contributed by atoms with van der Waals surface area (Å²) >= 11 is 0. The normalized spacial score (nSPS) is 27.3. The lowest BCUT2D eigenvalue weighted by Gasteiger charge is -2.36. The van der Waals surface area contributed by atoms with Crippen molar-refractivity contribution in [3.63, 3.8) is 0 Å². The van der Waals surface area contributed by atoms with Gasteiger partial charge in [-0.25, -0.2) is 0 Å².